The molecule has 2 N–H and O–H groups in total. The van der Waals surface area contributed by atoms with E-state index in [1.165, 1.54) is 0 Å². The summed E-state index contributed by atoms with van der Waals surface area (Å²) in [4.78, 5) is 24.9. The smallest absolute Gasteiger partial charge is 0.334 e. The topological polar surface area (TPSA) is 82.0 Å². The number of nitrogens with one attached hydrogen (secondary N) is 1. The van der Waals surface area contributed by atoms with E-state index in [9.17, 15) is 14.7 Å². The van der Waals surface area contributed by atoms with Crippen molar-refractivity contribution >= 4 is 39.1 Å². The van der Waals surface area contributed by atoms with Crippen LogP contribution in [0.15, 0.2) is 33.8 Å². The predicted molar refractivity (Wildman–Crippen MR) is 96.4 cm³/mol. The molecule has 1 aliphatic rings. The molecule has 0 bridgehead atoms. The van der Waals surface area contributed by atoms with Crippen molar-refractivity contribution in [3.05, 3.63) is 28.7 Å². The lowest BCUT2D eigenvalue weighted by Gasteiger charge is -2.41. The SMILES string of the molecule is CCC1=NN(C(=O)C(=O)Nc2ccc(Br)cc2)C(O)(C(C)(C)C)C1. The molecule has 130 valence electrons. The third-order valence-electron chi connectivity index (χ3n) is 4.14. The second-order valence-corrected chi connectivity index (χ2v) is 7.76. The monoisotopic (exact) mass is 395 g/mol. The van der Waals surface area contributed by atoms with E-state index in [2.05, 4.69) is 26.3 Å². The maximum Gasteiger partial charge on any atom is 0.334 e. The molecule has 0 saturated carbocycles. The van der Waals surface area contributed by atoms with E-state index in [-0.39, 0.29) is 6.42 Å². The molecule has 1 aromatic rings. The zero-order valence-electron chi connectivity index (χ0n) is 14.3. The predicted octanol–water partition coefficient (Wildman–Crippen LogP) is 3.12. The number of anilines is 1. The minimum absolute atomic E-state index is 0.240. The van der Waals surface area contributed by atoms with Crippen LogP contribution in [0.2, 0.25) is 0 Å². The van der Waals surface area contributed by atoms with Gasteiger partial charge in [0.05, 0.1) is 0 Å². The number of hydrogen-bond acceptors (Lipinski definition) is 4. The first-order valence-corrected chi connectivity index (χ1v) is 8.57. The van der Waals surface area contributed by atoms with Crippen LogP contribution >= 0.6 is 15.9 Å². The molecule has 24 heavy (non-hydrogen) atoms. The number of carbonyl (C=O) groups excluding carboxylic acids is 2. The number of hydrazone groups is 1. The Balaban J connectivity index is 2.23. The van der Waals surface area contributed by atoms with Crippen LogP contribution in [0.5, 0.6) is 0 Å². The number of carbonyl (C=O) groups is 2. The van der Waals surface area contributed by atoms with E-state index in [4.69, 9.17) is 0 Å². The maximum absolute atomic E-state index is 12.6. The summed E-state index contributed by atoms with van der Waals surface area (Å²) >= 11 is 3.31. The second-order valence-electron chi connectivity index (χ2n) is 6.84. The molecule has 0 saturated heterocycles. The summed E-state index contributed by atoms with van der Waals surface area (Å²) in [6.45, 7) is 7.34. The van der Waals surface area contributed by atoms with Gasteiger partial charge in [-0.3, -0.25) is 9.59 Å². The largest absolute Gasteiger partial charge is 0.368 e. The third kappa shape index (κ3) is 3.52. The van der Waals surface area contributed by atoms with E-state index in [0.29, 0.717) is 17.8 Å². The Kier molecular flexibility index (Phi) is 5.15. The first kappa shape index (κ1) is 18.6. The molecule has 1 unspecified atom stereocenters. The molecular weight excluding hydrogens is 374 g/mol. The van der Waals surface area contributed by atoms with Crippen molar-refractivity contribution in [1.29, 1.82) is 0 Å². The van der Waals surface area contributed by atoms with E-state index < -0.39 is 23.0 Å². The van der Waals surface area contributed by atoms with Gasteiger partial charge in [0.2, 0.25) is 0 Å². The van der Waals surface area contributed by atoms with Gasteiger partial charge in [0, 0.05) is 27.7 Å². The van der Waals surface area contributed by atoms with Crippen molar-refractivity contribution in [1.82, 2.24) is 5.01 Å². The standard InChI is InChI=1S/C17H22BrN3O3/c1-5-12-10-17(24,16(2,3)4)21(20-12)15(23)14(22)19-13-8-6-11(18)7-9-13/h6-9,24H,5,10H2,1-4H3,(H,19,22). The molecule has 1 aromatic carbocycles. The fraction of sp³-hybridized carbons (Fsp3) is 0.471. The Hall–Kier alpha value is -1.73. The number of benzene rings is 1. The average molecular weight is 396 g/mol. The first-order valence-electron chi connectivity index (χ1n) is 7.78. The Bertz CT molecular complexity index is 679. The Morgan fingerprint density at radius 1 is 1.33 bits per heavy atom. The van der Waals surface area contributed by atoms with Gasteiger partial charge in [-0.1, -0.05) is 43.6 Å². The normalized spacial score (nSPS) is 20.8. The van der Waals surface area contributed by atoms with Gasteiger partial charge in [0.15, 0.2) is 5.72 Å². The van der Waals surface area contributed by atoms with Gasteiger partial charge in [-0.05, 0) is 30.7 Å². The van der Waals surface area contributed by atoms with Crippen molar-refractivity contribution in [2.24, 2.45) is 10.5 Å². The molecule has 1 heterocycles. The molecule has 0 radical (unpaired) electrons. The van der Waals surface area contributed by atoms with E-state index in [1.807, 2.05) is 27.7 Å². The summed E-state index contributed by atoms with van der Waals surface area (Å²) in [5, 5.41) is 18.7. The number of amides is 2. The summed E-state index contributed by atoms with van der Waals surface area (Å²) in [6, 6.07) is 6.87. The molecular formula is C17H22BrN3O3. The number of halogens is 1. The Morgan fingerprint density at radius 2 is 1.92 bits per heavy atom. The molecule has 2 rings (SSSR count). The summed E-state index contributed by atoms with van der Waals surface area (Å²) in [6.07, 6.45) is 0.848. The lowest BCUT2D eigenvalue weighted by molar-refractivity contribution is -0.183. The third-order valence-corrected chi connectivity index (χ3v) is 4.67. The molecule has 0 aliphatic carbocycles. The van der Waals surface area contributed by atoms with Gasteiger partial charge in [-0.15, -0.1) is 0 Å². The highest BCUT2D eigenvalue weighted by Crippen LogP contribution is 2.41. The number of nitrogens with zero attached hydrogens (tertiary/aromatic N) is 2. The quantitative estimate of drug-likeness (QED) is 0.754. The molecule has 0 spiro atoms. The second kappa shape index (κ2) is 6.64. The van der Waals surface area contributed by atoms with E-state index in [1.54, 1.807) is 24.3 Å². The van der Waals surface area contributed by atoms with Gasteiger partial charge in [-0.2, -0.15) is 10.1 Å². The van der Waals surface area contributed by atoms with Crippen molar-refractivity contribution in [3.63, 3.8) is 0 Å². The minimum atomic E-state index is -1.52. The van der Waals surface area contributed by atoms with Crippen LogP contribution < -0.4 is 5.32 Å². The van der Waals surface area contributed by atoms with E-state index >= 15 is 0 Å². The van der Waals surface area contributed by atoms with Gasteiger partial charge < -0.3 is 10.4 Å². The van der Waals surface area contributed by atoms with Crippen LogP contribution in [0, 0.1) is 5.41 Å². The number of hydrogen-bond donors (Lipinski definition) is 2. The number of aliphatic hydroxyl groups is 1. The van der Waals surface area contributed by atoms with Crippen molar-refractivity contribution in [2.75, 3.05) is 5.32 Å². The van der Waals surface area contributed by atoms with Gasteiger partial charge >= 0.3 is 11.8 Å². The van der Waals surface area contributed by atoms with Crippen LogP contribution in [0.3, 0.4) is 0 Å². The lowest BCUT2D eigenvalue weighted by Crippen LogP contribution is -2.57. The zero-order chi connectivity index (χ0) is 18.1. The summed E-state index contributed by atoms with van der Waals surface area (Å²) in [5.41, 5.74) is -0.986. The van der Waals surface area contributed by atoms with Crippen LogP contribution in [0.4, 0.5) is 5.69 Å². The van der Waals surface area contributed by atoms with Gasteiger partial charge in [0.1, 0.15) is 0 Å². The van der Waals surface area contributed by atoms with Crippen LogP contribution in [-0.2, 0) is 9.59 Å². The molecule has 1 atom stereocenters. The van der Waals surface area contributed by atoms with Gasteiger partial charge in [0.25, 0.3) is 0 Å². The Labute approximate surface area is 150 Å². The number of rotatable bonds is 2. The summed E-state index contributed by atoms with van der Waals surface area (Å²) in [5.74, 6) is -1.71. The molecule has 7 heteroatoms. The van der Waals surface area contributed by atoms with Crippen molar-refractivity contribution in [3.8, 4) is 0 Å². The van der Waals surface area contributed by atoms with Crippen LogP contribution in [-0.4, -0.2) is 33.4 Å². The fourth-order valence-corrected chi connectivity index (χ4v) is 2.69. The van der Waals surface area contributed by atoms with Crippen LogP contribution in [0.25, 0.3) is 0 Å². The highest BCUT2D eigenvalue weighted by atomic mass is 79.9. The highest BCUT2D eigenvalue weighted by Gasteiger charge is 2.53. The van der Waals surface area contributed by atoms with Crippen LogP contribution in [0.1, 0.15) is 40.5 Å². The first-order chi connectivity index (χ1) is 11.1. The highest BCUT2D eigenvalue weighted by molar-refractivity contribution is 9.10. The maximum atomic E-state index is 12.6. The zero-order valence-corrected chi connectivity index (χ0v) is 15.8. The fourth-order valence-electron chi connectivity index (χ4n) is 2.42. The average Bonchev–Trinajstić information content (AvgIpc) is 2.87. The van der Waals surface area contributed by atoms with Crippen molar-refractivity contribution < 1.29 is 14.7 Å². The lowest BCUT2D eigenvalue weighted by atomic mass is 9.80. The molecule has 1 aliphatic heterocycles. The molecule has 0 fully saturated rings. The molecule has 2 amide bonds. The van der Waals surface area contributed by atoms with E-state index in [0.717, 1.165) is 9.48 Å². The van der Waals surface area contributed by atoms with Gasteiger partial charge in [-0.25, -0.2) is 0 Å². The molecule has 6 nitrogen and oxygen atoms in total. The molecule has 0 aromatic heterocycles. The summed E-state index contributed by atoms with van der Waals surface area (Å²) < 4.78 is 0.866. The minimum Gasteiger partial charge on any atom is -0.368 e. The van der Waals surface area contributed by atoms with Crippen molar-refractivity contribution in [2.45, 2.75) is 46.3 Å². The Morgan fingerprint density at radius 3 is 2.42 bits per heavy atom. The summed E-state index contributed by atoms with van der Waals surface area (Å²) in [7, 11) is 0.